The fourth-order valence-electron chi connectivity index (χ4n) is 2.57. The van der Waals surface area contributed by atoms with Crippen LogP contribution >= 0.6 is 0 Å². The second-order valence-electron chi connectivity index (χ2n) is 6.25. The van der Waals surface area contributed by atoms with Gasteiger partial charge in [-0.3, -0.25) is 4.90 Å². The van der Waals surface area contributed by atoms with Gasteiger partial charge in [-0.05, 0) is 52.8 Å². The van der Waals surface area contributed by atoms with Crippen molar-refractivity contribution < 1.29 is 13.9 Å². The molecule has 112 valence electrons. The summed E-state index contributed by atoms with van der Waals surface area (Å²) in [5, 5.41) is 3.25. The van der Waals surface area contributed by atoms with E-state index in [1.807, 2.05) is 20.8 Å². The number of piperidine rings is 1. The number of amides is 1. The lowest BCUT2D eigenvalue weighted by Gasteiger charge is -2.35. The zero-order valence-corrected chi connectivity index (χ0v) is 12.4. The van der Waals surface area contributed by atoms with Gasteiger partial charge in [0.1, 0.15) is 11.4 Å². The van der Waals surface area contributed by atoms with Crippen LogP contribution in [0.1, 0.15) is 33.6 Å². The van der Waals surface area contributed by atoms with E-state index >= 15 is 0 Å². The van der Waals surface area contributed by atoms with Gasteiger partial charge in [0.05, 0.1) is 5.70 Å². The third-order valence-electron chi connectivity index (χ3n) is 3.43. The Morgan fingerprint density at radius 3 is 2.65 bits per heavy atom. The van der Waals surface area contributed by atoms with E-state index in [2.05, 4.69) is 5.32 Å². The average molecular weight is 282 g/mol. The van der Waals surface area contributed by atoms with Gasteiger partial charge in [0.2, 0.25) is 0 Å². The molecule has 0 aromatic heterocycles. The Balaban J connectivity index is 2.19. The van der Waals surface area contributed by atoms with Crippen LogP contribution in [-0.2, 0) is 4.74 Å². The van der Waals surface area contributed by atoms with Gasteiger partial charge in [-0.1, -0.05) is 6.08 Å². The van der Waals surface area contributed by atoms with Crippen molar-refractivity contribution in [1.82, 2.24) is 10.2 Å². The number of nitrogens with zero attached hydrogens (tertiary/aromatic N) is 1. The first kappa shape index (κ1) is 15.0. The standard InChI is InChI=1S/C15H23FN2O2/c1-15(2,3)20-14(19)18-10-4-5-12(16)13(18)11-6-8-17-9-7-11/h4-5,11,17H,6-10H2,1-3H3. The molecule has 5 heteroatoms. The number of carbonyl (C=O) groups excluding carboxylic acids is 1. The molecule has 0 aromatic rings. The third kappa shape index (κ3) is 3.60. The Labute approximate surface area is 119 Å². The van der Waals surface area contributed by atoms with Crippen LogP contribution in [0.5, 0.6) is 0 Å². The fraction of sp³-hybridized carbons (Fsp3) is 0.667. The smallest absolute Gasteiger partial charge is 0.414 e. The molecule has 0 unspecified atom stereocenters. The van der Waals surface area contributed by atoms with E-state index in [0.717, 1.165) is 25.9 Å². The first-order valence-corrected chi connectivity index (χ1v) is 7.16. The van der Waals surface area contributed by atoms with Crippen LogP contribution in [0, 0.1) is 5.92 Å². The summed E-state index contributed by atoms with van der Waals surface area (Å²) in [6.07, 6.45) is 4.33. The number of rotatable bonds is 1. The molecule has 1 amide bonds. The van der Waals surface area contributed by atoms with Crippen LogP contribution in [-0.4, -0.2) is 36.2 Å². The van der Waals surface area contributed by atoms with Gasteiger partial charge in [0.15, 0.2) is 0 Å². The highest BCUT2D eigenvalue weighted by atomic mass is 19.1. The highest BCUT2D eigenvalue weighted by molar-refractivity contribution is 5.71. The van der Waals surface area contributed by atoms with Crippen molar-refractivity contribution in [3.63, 3.8) is 0 Å². The van der Waals surface area contributed by atoms with E-state index in [-0.39, 0.29) is 11.7 Å². The molecule has 0 spiro atoms. The number of nitrogens with one attached hydrogen (secondary N) is 1. The summed E-state index contributed by atoms with van der Waals surface area (Å²) in [6.45, 7) is 7.53. The largest absolute Gasteiger partial charge is 0.443 e. The Morgan fingerprint density at radius 1 is 1.40 bits per heavy atom. The first-order valence-electron chi connectivity index (χ1n) is 7.16. The van der Waals surface area contributed by atoms with Gasteiger partial charge in [0, 0.05) is 12.5 Å². The minimum absolute atomic E-state index is 0.0775. The van der Waals surface area contributed by atoms with Crippen molar-refractivity contribution in [2.24, 2.45) is 5.92 Å². The van der Waals surface area contributed by atoms with Crippen molar-refractivity contribution in [2.45, 2.75) is 39.2 Å². The van der Waals surface area contributed by atoms with E-state index in [4.69, 9.17) is 4.74 Å². The maximum absolute atomic E-state index is 14.2. The van der Waals surface area contributed by atoms with Gasteiger partial charge < -0.3 is 10.1 Å². The average Bonchev–Trinajstić information content (AvgIpc) is 2.37. The lowest BCUT2D eigenvalue weighted by Crippen LogP contribution is -2.41. The Kier molecular flexibility index (Phi) is 4.48. The molecule has 2 aliphatic heterocycles. The normalized spacial score (nSPS) is 21.3. The molecule has 2 rings (SSSR count). The van der Waals surface area contributed by atoms with Crippen LogP contribution < -0.4 is 5.32 Å². The second kappa shape index (κ2) is 5.95. The molecule has 0 aromatic carbocycles. The van der Waals surface area contributed by atoms with Crippen molar-refractivity contribution in [2.75, 3.05) is 19.6 Å². The maximum atomic E-state index is 14.2. The van der Waals surface area contributed by atoms with Crippen molar-refractivity contribution >= 4 is 6.09 Å². The molecule has 4 nitrogen and oxygen atoms in total. The van der Waals surface area contributed by atoms with Gasteiger partial charge in [0.25, 0.3) is 0 Å². The molecule has 0 saturated carbocycles. The van der Waals surface area contributed by atoms with Crippen LogP contribution in [0.25, 0.3) is 0 Å². The molecular weight excluding hydrogens is 259 g/mol. The monoisotopic (exact) mass is 282 g/mol. The molecule has 0 aliphatic carbocycles. The van der Waals surface area contributed by atoms with E-state index in [0.29, 0.717) is 12.2 Å². The van der Waals surface area contributed by atoms with Gasteiger partial charge in [-0.15, -0.1) is 0 Å². The molecule has 0 bridgehead atoms. The van der Waals surface area contributed by atoms with Crippen LogP contribution in [0.15, 0.2) is 23.7 Å². The van der Waals surface area contributed by atoms with Gasteiger partial charge in [-0.2, -0.15) is 0 Å². The molecule has 1 fully saturated rings. The maximum Gasteiger partial charge on any atom is 0.414 e. The summed E-state index contributed by atoms with van der Waals surface area (Å²) in [7, 11) is 0. The Bertz CT molecular complexity index is 432. The van der Waals surface area contributed by atoms with Gasteiger partial charge >= 0.3 is 6.09 Å². The van der Waals surface area contributed by atoms with E-state index in [1.165, 1.54) is 11.0 Å². The van der Waals surface area contributed by atoms with E-state index in [1.54, 1.807) is 6.08 Å². The third-order valence-corrected chi connectivity index (χ3v) is 3.43. The summed E-state index contributed by atoms with van der Waals surface area (Å²) in [6, 6.07) is 0. The number of allylic oxidation sites excluding steroid dienone is 3. The molecule has 0 radical (unpaired) electrons. The number of ether oxygens (including phenoxy) is 1. The predicted molar refractivity (Wildman–Crippen MR) is 75.8 cm³/mol. The van der Waals surface area contributed by atoms with Crippen LogP contribution in [0.4, 0.5) is 9.18 Å². The van der Waals surface area contributed by atoms with Crippen molar-refractivity contribution in [3.8, 4) is 0 Å². The molecule has 1 N–H and O–H groups in total. The van der Waals surface area contributed by atoms with Crippen molar-refractivity contribution in [3.05, 3.63) is 23.7 Å². The lowest BCUT2D eigenvalue weighted by molar-refractivity contribution is 0.0298. The highest BCUT2D eigenvalue weighted by Gasteiger charge is 2.32. The number of halogens is 1. The Morgan fingerprint density at radius 2 is 2.05 bits per heavy atom. The SMILES string of the molecule is CC(C)(C)OC(=O)N1CC=CC(F)=C1C1CCNCC1. The molecule has 2 aliphatic rings. The number of carbonyl (C=O) groups is 1. The summed E-state index contributed by atoms with van der Waals surface area (Å²) in [4.78, 5) is 13.7. The summed E-state index contributed by atoms with van der Waals surface area (Å²) in [5.74, 6) is -0.234. The lowest BCUT2D eigenvalue weighted by atomic mass is 9.92. The second-order valence-corrected chi connectivity index (χ2v) is 6.25. The summed E-state index contributed by atoms with van der Waals surface area (Å²) in [5.41, 5.74) is -0.0863. The van der Waals surface area contributed by atoms with E-state index < -0.39 is 11.7 Å². The minimum atomic E-state index is -0.575. The summed E-state index contributed by atoms with van der Waals surface area (Å²) >= 11 is 0. The summed E-state index contributed by atoms with van der Waals surface area (Å²) < 4.78 is 19.6. The van der Waals surface area contributed by atoms with E-state index in [9.17, 15) is 9.18 Å². The van der Waals surface area contributed by atoms with Crippen LogP contribution in [0.3, 0.4) is 0 Å². The fourth-order valence-corrected chi connectivity index (χ4v) is 2.57. The minimum Gasteiger partial charge on any atom is -0.443 e. The van der Waals surface area contributed by atoms with Crippen LogP contribution in [0.2, 0.25) is 0 Å². The Hall–Kier alpha value is -1.36. The zero-order valence-electron chi connectivity index (χ0n) is 12.4. The zero-order chi connectivity index (χ0) is 14.8. The predicted octanol–water partition coefficient (Wildman–Crippen LogP) is 2.97. The molecule has 1 saturated heterocycles. The molecule has 20 heavy (non-hydrogen) atoms. The molecule has 0 atom stereocenters. The number of hydrogen-bond donors (Lipinski definition) is 1. The molecular formula is C15H23FN2O2. The topological polar surface area (TPSA) is 41.6 Å². The molecule has 2 heterocycles. The highest BCUT2D eigenvalue weighted by Crippen LogP contribution is 2.31. The quantitative estimate of drug-likeness (QED) is 0.804. The van der Waals surface area contributed by atoms with Gasteiger partial charge in [-0.25, -0.2) is 9.18 Å². The number of hydrogen-bond acceptors (Lipinski definition) is 3. The van der Waals surface area contributed by atoms with Crippen molar-refractivity contribution in [1.29, 1.82) is 0 Å². The first-order chi connectivity index (χ1) is 9.38.